The summed E-state index contributed by atoms with van der Waals surface area (Å²) in [4.78, 5) is 0. The lowest BCUT2D eigenvalue weighted by molar-refractivity contribution is 0.263. The van der Waals surface area contributed by atoms with Crippen molar-refractivity contribution in [3.63, 3.8) is 0 Å². The van der Waals surface area contributed by atoms with Crippen LogP contribution < -0.4 is 16.0 Å². The molecule has 1 unspecified atom stereocenters. The van der Waals surface area contributed by atoms with Crippen LogP contribution in [-0.4, -0.2) is 12.6 Å². The molecule has 0 aliphatic rings. The van der Waals surface area contributed by atoms with Gasteiger partial charge in [0.15, 0.2) is 0 Å². The van der Waals surface area contributed by atoms with Crippen molar-refractivity contribution in [2.75, 3.05) is 6.61 Å². The molecular formula is C13H20N2O. The van der Waals surface area contributed by atoms with E-state index in [1.54, 1.807) is 0 Å². The van der Waals surface area contributed by atoms with E-state index in [4.69, 9.17) is 10.6 Å². The maximum absolute atomic E-state index is 5.62. The third-order valence-electron chi connectivity index (χ3n) is 2.47. The molecule has 0 saturated carbocycles. The van der Waals surface area contributed by atoms with E-state index in [1.165, 1.54) is 5.57 Å². The van der Waals surface area contributed by atoms with Crippen LogP contribution in [0, 0.1) is 0 Å². The first-order valence-corrected chi connectivity index (χ1v) is 5.57. The van der Waals surface area contributed by atoms with Crippen molar-refractivity contribution in [1.82, 2.24) is 5.43 Å². The van der Waals surface area contributed by atoms with Gasteiger partial charge in [-0.25, -0.2) is 0 Å². The number of nitrogens with two attached hydrogens (primary N) is 1. The van der Waals surface area contributed by atoms with Crippen LogP contribution in [0.4, 0.5) is 0 Å². The lowest BCUT2D eigenvalue weighted by Crippen LogP contribution is -2.39. The molecule has 88 valence electrons. The van der Waals surface area contributed by atoms with E-state index in [-0.39, 0.29) is 6.04 Å². The Morgan fingerprint density at radius 2 is 2.12 bits per heavy atom. The zero-order chi connectivity index (χ0) is 11.8. The van der Waals surface area contributed by atoms with Gasteiger partial charge in [-0.2, -0.15) is 0 Å². The largest absolute Gasteiger partial charge is 0.492 e. The van der Waals surface area contributed by atoms with E-state index >= 15 is 0 Å². The monoisotopic (exact) mass is 220 g/mol. The summed E-state index contributed by atoms with van der Waals surface area (Å²) >= 11 is 0. The molecule has 0 spiro atoms. The van der Waals surface area contributed by atoms with E-state index in [9.17, 15) is 0 Å². The molecule has 1 rings (SSSR count). The van der Waals surface area contributed by atoms with E-state index in [0.717, 1.165) is 18.6 Å². The Bertz CT molecular complexity index is 311. The quantitative estimate of drug-likeness (QED) is 0.421. The minimum atomic E-state index is 0.118. The van der Waals surface area contributed by atoms with E-state index < -0.39 is 0 Å². The van der Waals surface area contributed by atoms with Crippen LogP contribution in [0.3, 0.4) is 0 Å². The first-order valence-electron chi connectivity index (χ1n) is 5.57. The van der Waals surface area contributed by atoms with Crippen molar-refractivity contribution < 1.29 is 4.74 Å². The highest BCUT2D eigenvalue weighted by atomic mass is 16.5. The smallest absolute Gasteiger partial charge is 0.119 e. The molecule has 1 aromatic rings. The highest BCUT2D eigenvalue weighted by Gasteiger charge is 2.08. The van der Waals surface area contributed by atoms with Crippen LogP contribution in [0.15, 0.2) is 42.5 Å². The first kappa shape index (κ1) is 12.7. The fourth-order valence-electron chi connectivity index (χ4n) is 1.37. The third kappa shape index (κ3) is 4.47. The van der Waals surface area contributed by atoms with Gasteiger partial charge >= 0.3 is 0 Å². The maximum Gasteiger partial charge on any atom is 0.119 e. The third-order valence-corrected chi connectivity index (χ3v) is 2.47. The van der Waals surface area contributed by atoms with Gasteiger partial charge in [0.25, 0.3) is 0 Å². The fourth-order valence-corrected chi connectivity index (χ4v) is 1.37. The molecule has 16 heavy (non-hydrogen) atoms. The second-order valence-corrected chi connectivity index (χ2v) is 3.80. The van der Waals surface area contributed by atoms with Crippen molar-refractivity contribution in [1.29, 1.82) is 0 Å². The first-order chi connectivity index (χ1) is 7.76. The molecule has 0 fully saturated rings. The van der Waals surface area contributed by atoms with Gasteiger partial charge in [-0.1, -0.05) is 37.3 Å². The summed E-state index contributed by atoms with van der Waals surface area (Å²) in [6.45, 7) is 6.61. The SMILES string of the molecule is C=C(CC)CC(COc1ccccc1)NN. The summed E-state index contributed by atoms with van der Waals surface area (Å²) in [6, 6.07) is 9.85. The Labute approximate surface area is 97.3 Å². The van der Waals surface area contributed by atoms with Gasteiger partial charge < -0.3 is 4.74 Å². The zero-order valence-electron chi connectivity index (χ0n) is 9.78. The van der Waals surface area contributed by atoms with Crippen molar-refractivity contribution in [3.05, 3.63) is 42.5 Å². The molecule has 0 bridgehead atoms. The Balaban J connectivity index is 2.37. The topological polar surface area (TPSA) is 47.3 Å². The van der Waals surface area contributed by atoms with Gasteiger partial charge in [0.05, 0.1) is 6.04 Å². The summed E-state index contributed by atoms with van der Waals surface area (Å²) in [5.74, 6) is 6.33. The summed E-state index contributed by atoms with van der Waals surface area (Å²) in [6.07, 6.45) is 1.82. The Kier molecular flexibility index (Phi) is 5.61. The molecule has 1 atom stereocenters. The van der Waals surface area contributed by atoms with Crippen LogP contribution >= 0.6 is 0 Å². The highest BCUT2D eigenvalue weighted by Crippen LogP contribution is 2.11. The number of hydrogen-bond acceptors (Lipinski definition) is 3. The van der Waals surface area contributed by atoms with Crippen molar-refractivity contribution in [2.24, 2.45) is 5.84 Å². The Morgan fingerprint density at radius 1 is 1.44 bits per heavy atom. The highest BCUT2D eigenvalue weighted by molar-refractivity contribution is 5.21. The van der Waals surface area contributed by atoms with Gasteiger partial charge in [0, 0.05) is 0 Å². The van der Waals surface area contributed by atoms with Crippen LogP contribution in [0.1, 0.15) is 19.8 Å². The molecule has 0 aliphatic heterocycles. The van der Waals surface area contributed by atoms with Crippen LogP contribution in [0.25, 0.3) is 0 Å². The summed E-state index contributed by atoms with van der Waals surface area (Å²) in [7, 11) is 0. The van der Waals surface area contributed by atoms with Crippen LogP contribution in [-0.2, 0) is 0 Å². The standard InChI is InChI=1S/C13H20N2O/c1-3-11(2)9-12(15-14)10-16-13-7-5-4-6-8-13/h4-8,12,15H,2-3,9-10,14H2,1H3. The number of nitrogens with one attached hydrogen (secondary N) is 1. The van der Waals surface area contributed by atoms with E-state index in [1.807, 2.05) is 30.3 Å². The molecule has 3 nitrogen and oxygen atoms in total. The second-order valence-electron chi connectivity index (χ2n) is 3.80. The normalized spacial score (nSPS) is 12.1. The van der Waals surface area contributed by atoms with Gasteiger partial charge in [0.2, 0.25) is 0 Å². The molecular weight excluding hydrogens is 200 g/mol. The summed E-state index contributed by atoms with van der Waals surface area (Å²) < 4.78 is 5.62. The van der Waals surface area contributed by atoms with E-state index in [0.29, 0.717) is 6.61 Å². The molecule has 0 amide bonds. The number of hydrogen-bond donors (Lipinski definition) is 2. The molecule has 0 aliphatic carbocycles. The number of para-hydroxylation sites is 1. The average Bonchev–Trinajstić information content (AvgIpc) is 2.35. The van der Waals surface area contributed by atoms with Crippen LogP contribution in [0.2, 0.25) is 0 Å². The van der Waals surface area contributed by atoms with E-state index in [2.05, 4.69) is 18.9 Å². The molecule has 0 radical (unpaired) electrons. The summed E-state index contributed by atoms with van der Waals surface area (Å²) in [5, 5.41) is 0. The van der Waals surface area contributed by atoms with Crippen molar-refractivity contribution in [3.8, 4) is 5.75 Å². The van der Waals surface area contributed by atoms with Gasteiger partial charge in [-0.3, -0.25) is 11.3 Å². The second kappa shape index (κ2) is 7.04. The van der Waals surface area contributed by atoms with Crippen LogP contribution in [0.5, 0.6) is 5.75 Å². The molecule has 1 aromatic carbocycles. The zero-order valence-corrected chi connectivity index (χ0v) is 9.78. The van der Waals surface area contributed by atoms with Crippen molar-refractivity contribution >= 4 is 0 Å². The predicted octanol–water partition coefficient (Wildman–Crippen LogP) is 2.25. The average molecular weight is 220 g/mol. The van der Waals surface area contributed by atoms with Gasteiger partial charge in [-0.05, 0) is 25.0 Å². The minimum absolute atomic E-state index is 0.118. The number of rotatable bonds is 7. The minimum Gasteiger partial charge on any atom is -0.492 e. The fraction of sp³-hybridized carbons (Fsp3) is 0.385. The lowest BCUT2D eigenvalue weighted by atomic mass is 10.1. The predicted molar refractivity (Wildman–Crippen MR) is 67.1 cm³/mol. The number of benzene rings is 1. The van der Waals surface area contributed by atoms with Crippen molar-refractivity contribution in [2.45, 2.75) is 25.8 Å². The molecule has 0 aromatic heterocycles. The van der Waals surface area contributed by atoms with Gasteiger partial charge in [0.1, 0.15) is 12.4 Å². The molecule has 3 heteroatoms. The number of ether oxygens (including phenoxy) is 1. The van der Waals surface area contributed by atoms with Gasteiger partial charge in [-0.15, -0.1) is 0 Å². The molecule has 0 saturated heterocycles. The Morgan fingerprint density at radius 3 is 2.69 bits per heavy atom. The number of hydrazine groups is 1. The molecule has 0 heterocycles. The summed E-state index contributed by atoms with van der Waals surface area (Å²) in [5.41, 5.74) is 3.93. The lowest BCUT2D eigenvalue weighted by Gasteiger charge is -2.17. The molecule has 3 N–H and O–H groups in total. The Hall–Kier alpha value is -1.32. The maximum atomic E-state index is 5.62.